The molecule has 1 nitrogen and oxygen atoms in total. The minimum absolute atomic E-state index is 0.866. The number of thiophene rings is 1. The molecule has 1 heterocycles. The van der Waals surface area contributed by atoms with Gasteiger partial charge in [-0.1, -0.05) is 115 Å². The Morgan fingerprint density at radius 1 is 0.526 bits per heavy atom. The first kappa shape index (κ1) is 24.0. The van der Waals surface area contributed by atoms with Gasteiger partial charge in [-0.3, -0.25) is 0 Å². The van der Waals surface area contributed by atoms with Crippen LogP contribution in [-0.4, -0.2) is 0 Å². The van der Waals surface area contributed by atoms with Crippen LogP contribution >= 0.6 is 11.3 Å². The molecule has 2 N–H and O–H groups in total. The van der Waals surface area contributed by atoms with Crippen LogP contribution in [0.15, 0.2) is 127 Å². The molecule has 0 saturated heterocycles. The van der Waals surface area contributed by atoms with Crippen molar-refractivity contribution < 1.29 is 0 Å². The predicted molar refractivity (Wildman–Crippen MR) is 168 cm³/mol. The Kier molecular flexibility index (Phi) is 6.41. The summed E-state index contributed by atoms with van der Waals surface area (Å²) >= 11 is 1.87. The molecule has 7 aromatic rings. The molecule has 1 aromatic heterocycles. The zero-order valence-electron chi connectivity index (χ0n) is 21.6. The molecule has 0 amide bonds. The SMILES string of the molecule is Cc1ccc2ccc(-c3cccc(-c4cccc5c4sc4ccccc45)c3)cc2c1N.Cc1ccccc1. The lowest BCUT2D eigenvalue weighted by molar-refractivity contribution is 1.48. The Balaban J connectivity index is 0.000000330. The van der Waals surface area contributed by atoms with E-state index < -0.39 is 0 Å². The fourth-order valence-electron chi connectivity index (χ4n) is 5.01. The quantitative estimate of drug-likeness (QED) is 0.231. The molecule has 7 rings (SSSR count). The number of hydrogen-bond acceptors (Lipinski definition) is 2. The van der Waals surface area contributed by atoms with Crippen LogP contribution in [0.4, 0.5) is 5.69 Å². The number of nitrogen functional groups attached to an aromatic ring is 1. The first-order chi connectivity index (χ1) is 18.6. The van der Waals surface area contributed by atoms with Gasteiger partial charge in [0, 0.05) is 31.2 Å². The molecule has 6 aromatic carbocycles. The lowest BCUT2D eigenvalue weighted by atomic mass is 9.95. The highest BCUT2D eigenvalue weighted by Gasteiger charge is 2.11. The van der Waals surface area contributed by atoms with Gasteiger partial charge in [-0.15, -0.1) is 11.3 Å². The van der Waals surface area contributed by atoms with E-state index in [4.69, 9.17) is 5.73 Å². The molecule has 0 unspecified atom stereocenters. The molecule has 0 aliphatic rings. The van der Waals surface area contributed by atoms with Crippen molar-refractivity contribution in [3.05, 3.63) is 139 Å². The Morgan fingerprint density at radius 2 is 1.21 bits per heavy atom. The van der Waals surface area contributed by atoms with Crippen molar-refractivity contribution in [1.29, 1.82) is 0 Å². The van der Waals surface area contributed by atoms with Crippen LogP contribution < -0.4 is 5.73 Å². The van der Waals surface area contributed by atoms with Gasteiger partial charge in [0.2, 0.25) is 0 Å². The molecule has 0 bridgehead atoms. The van der Waals surface area contributed by atoms with Gasteiger partial charge >= 0.3 is 0 Å². The van der Waals surface area contributed by atoms with Crippen LogP contribution in [-0.2, 0) is 0 Å². The van der Waals surface area contributed by atoms with E-state index >= 15 is 0 Å². The summed E-state index contributed by atoms with van der Waals surface area (Å²) in [4.78, 5) is 0. The summed E-state index contributed by atoms with van der Waals surface area (Å²) < 4.78 is 2.68. The molecular formula is C36H29NS. The first-order valence-corrected chi connectivity index (χ1v) is 13.7. The van der Waals surface area contributed by atoms with Crippen molar-refractivity contribution in [2.24, 2.45) is 0 Å². The van der Waals surface area contributed by atoms with Crippen LogP contribution in [0.25, 0.3) is 53.2 Å². The zero-order chi connectivity index (χ0) is 26.1. The van der Waals surface area contributed by atoms with E-state index in [0.717, 1.165) is 16.6 Å². The summed E-state index contributed by atoms with van der Waals surface area (Å²) in [6.07, 6.45) is 0. The third kappa shape index (κ3) is 4.55. The second-order valence-electron chi connectivity index (χ2n) is 9.75. The average molecular weight is 508 g/mol. The molecule has 0 atom stereocenters. The van der Waals surface area contributed by atoms with E-state index in [2.05, 4.69) is 123 Å². The van der Waals surface area contributed by atoms with E-state index in [0.29, 0.717) is 0 Å². The van der Waals surface area contributed by atoms with Crippen LogP contribution in [0, 0.1) is 13.8 Å². The number of hydrogen-bond donors (Lipinski definition) is 1. The fourth-order valence-corrected chi connectivity index (χ4v) is 6.24. The van der Waals surface area contributed by atoms with Crippen molar-refractivity contribution in [3.63, 3.8) is 0 Å². The largest absolute Gasteiger partial charge is 0.398 e. The van der Waals surface area contributed by atoms with Crippen LogP contribution in [0.1, 0.15) is 11.1 Å². The number of aryl methyl sites for hydroxylation is 2. The van der Waals surface area contributed by atoms with Crippen LogP contribution in [0.2, 0.25) is 0 Å². The molecule has 2 heteroatoms. The minimum Gasteiger partial charge on any atom is -0.398 e. The highest BCUT2D eigenvalue weighted by molar-refractivity contribution is 7.26. The second-order valence-corrected chi connectivity index (χ2v) is 10.8. The van der Waals surface area contributed by atoms with Gasteiger partial charge in [0.05, 0.1) is 0 Å². The van der Waals surface area contributed by atoms with E-state index in [1.54, 1.807) is 0 Å². The van der Waals surface area contributed by atoms with E-state index in [1.165, 1.54) is 53.4 Å². The van der Waals surface area contributed by atoms with Crippen molar-refractivity contribution in [1.82, 2.24) is 0 Å². The summed E-state index contributed by atoms with van der Waals surface area (Å²) in [6, 6.07) is 45.2. The summed E-state index contributed by atoms with van der Waals surface area (Å²) in [7, 11) is 0. The highest BCUT2D eigenvalue weighted by Crippen LogP contribution is 2.40. The Morgan fingerprint density at radius 3 is 2.03 bits per heavy atom. The van der Waals surface area contributed by atoms with E-state index in [1.807, 2.05) is 29.5 Å². The van der Waals surface area contributed by atoms with E-state index in [9.17, 15) is 0 Å². The van der Waals surface area contributed by atoms with Crippen molar-refractivity contribution in [2.75, 3.05) is 5.73 Å². The van der Waals surface area contributed by atoms with Gasteiger partial charge < -0.3 is 5.73 Å². The number of fused-ring (bicyclic) bond motifs is 4. The van der Waals surface area contributed by atoms with Crippen molar-refractivity contribution in [2.45, 2.75) is 13.8 Å². The van der Waals surface area contributed by atoms with E-state index in [-0.39, 0.29) is 0 Å². The lowest BCUT2D eigenvalue weighted by Crippen LogP contribution is -1.91. The lowest BCUT2D eigenvalue weighted by Gasteiger charge is -2.10. The monoisotopic (exact) mass is 507 g/mol. The average Bonchev–Trinajstić information content (AvgIpc) is 3.35. The molecular weight excluding hydrogens is 478 g/mol. The summed E-state index contributed by atoms with van der Waals surface area (Å²) in [6.45, 7) is 4.15. The smallest absolute Gasteiger partial charge is 0.0433 e. The van der Waals surface area contributed by atoms with Gasteiger partial charge in [0.15, 0.2) is 0 Å². The molecule has 0 aliphatic carbocycles. The Bertz CT molecular complexity index is 1900. The normalized spacial score (nSPS) is 11.0. The third-order valence-electron chi connectivity index (χ3n) is 7.13. The first-order valence-electron chi connectivity index (χ1n) is 12.9. The molecule has 0 fully saturated rings. The molecule has 0 spiro atoms. The second kappa shape index (κ2) is 10.2. The van der Waals surface area contributed by atoms with Crippen molar-refractivity contribution in [3.8, 4) is 22.3 Å². The maximum Gasteiger partial charge on any atom is 0.0433 e. The molecule has 184 valence electrons. The Labute approximate surface area is 227 Å². The molecule has 38 heavy (non-hydrogen) atoms. The van der Waals surface area contributed by atoms with Gasteiger partial charge in [0.1, 0.15) is 0 Å². The maximum atomic E-state index is 6.39. The number of nitrogens with two attached hydrogens (primary N) is 1. The Hall–Kier alpha value is -4.40. The van der Waals surface area contributed by atoms with Gasteiger partial charge in [-0.05, 0) is 65.3 Å². The zero-order valence-corrected chi connectivity index (χ0v) is 22.4. The maximum absolute atomic E-state index is 6.39. The molecule has 0 saturated carbocycles. The number of anilines is 1. The topological polar surface area (TPSA) is 26.0 Å². The fraction of sp³-hybridized carbons (Fsp3) is 0.0556. The number of rotatable bonds is 2. The van der Waals surface area contributed by atoms with Gasteiger partial charge in [-0.25, -0.2) is 0 Å². The summed E-state index contributed by atoms with van der Waals surface area (Å²) in [5.74, 6) is 0. The number of benzene rings is 6. The van der Waals surface area contributed by atoms with Crippen LogP contribution in [0.5, 0.6) is 0 Å². The predicted octanol–water partition coefficient (Wildman–Crippen LogP) is 10.4. The summed E-state index contributed by atoms with van der Waals surface area (Å²) in [5.41, 5.74) is 14.6. The summed E-state index contributed by atoms with van der Waals surface area (Å²) in [5, 5.41) is 4.96. The van der Waals surface area contributed by atoms with Gasteiger partial charge in [0.25, 0.3) is 0 Å². The minimum atomic E-state index is 0.866. The van der Waals surface area contributed by atoms with Gasteiger partial charge in [-0.2, -0.15) is 0 Å². The molecule has 0 aliphatic heterocycles. The van der Waals surface area contributed by atoms with Crippen molar-refractivity contribution >= 4 is 48.0 Å². The molecule has 0 radical (unpaired) electrons. The standard InChI is InChI=1S/C29H21NS.C7H8/c1-18-12-13-19-14-15-21(17-26(19)28(18)30)20-6-4-7-22(16-20)23-9-5-10-25-24-8-2-3-11-27(24)31-29(23)25;1-7-5-3-2-4-6-7/h2-17H,30H2,1H3;2-6H,1H3. The highest BCUT2D eigenvalue weighted by atomic mass is 32.1. The third-order valence-corrected chi connectivity index (χ3v) is 8.35. The van der Waals surface area contributed by atoms with Crippen LogP contribution in [0.3, 0.4) is 0 Å².